The summed E-state index contributed by atoms with van der Waals surface area (Å²) in [5.41, 5.74) is 4.26. The lowest BCUT2D eigenvalue weighted by Crippen LogP contribution is -2.45. The molecule has 1 aliphatic rings. The molecule has 2 heterocycles. The number of benzene rings is 2. The van der Waals surface area contributed by atoms with Gasteiger partial charge in [-0.1, -0.05) is 31.2 Å². The largest absolute Gasteiger partial charge is 0.493 e. The Hall–Kier alpha value is -2.99. The first-order chi connectivity index (χ1) is 14.2. The van der Waals surface area contributed by atoms with E-state index in [2.05, 4.69) is 29.4 Å². The monoisotopic (exact) mass is 394 g/mol. The quantitative estimate of drug-likeness (QED) is 0.623. The Morgan fingerprint density at radius 2 is 1.97 bits per heavy atom. The summed E-state index contributed by atoms with van der Waals surface area (Å²) >= 11 is 0. The van der Waals surface area contributed by atoms with Crippen molar-refractivity contribution in [1.82, 2.24) is 10.3 Å². The zero-order valence-corrected chi connectivity index (χ0v) is 17.0. The standard InChI is InChI=1S/C23H26N2O4/c1-4-11-29-19-10-9-14(12-20(19)27-2)21-22-16(13-18(25-21)23(26)28-3)15-7-5-6-8-17(15)24-22/h5-10,12,18,21,24-25H,4,11,13H2,1-3H3. The fraction of sp³-hybridized carbons (Fsp3) is 0.348. The van der Waals surface area contributed by atoms with E-state index >= 15 is 0 Å². The number of nitrogens with one attached hydrogen (secondary N) is 2. The molecule has 3 aromatic rings. The van der Waals surface area contributed by atoms with Crippen LogP contribution in [0.3, 0.4) is 0 Å². The molecule has 152 valence electrons. The number of ether oxygens (including phenoxy) is 3. The molecular weight excluding hydrogens is 368 g/mol. The molecule has 2 N–H and O–H groups in total. The van der Waals surface area contributed by atoms with Gasteiger partial charge in [0.2, 0.25) is 0 Å². The van der Waals surface area contributed by atoms with Gasteiger partial charge in [-0.3, -0.25) is 10.1 Å². The van der Waals surface area contributed by atoms with Crippen LogP contribution in [0.2, 0.25) is 0 Å². The van der Waals surface area contributed by atoms with Gasteiger partial charge in [-0.05, 0) is 35.7 Å². The lowest BCUT2D eigenvalue weighted by Gasteiger charge is -2.30. The Labute approximate surface area is 170 Å². The molecule has 0 saturated carbocycles. The lowest BCUT2D eigenvalue weighted by atomic mass is 9.90. The minimum absolute atomic E-state index is 0.190. The number of aromatic amines is 1. The van der Waals surface area contributed by atoms with Crippen molar-refractivity contribution in [3.05, 3.63) is 59.3 Å². The second-order valence-electron chi connectivity index (χ2n) is 7.20. The zero-order chi connectivity index (χ0) is 20.4. The normalized spacial score (nSPS) is 18.3. The Morgan fingerprint density at radius 3 is 2.72 bits per heavy atom. The first kappa shape index (κ1) is 19.3. The van der Waals surface area contributed by atoms with E-state index in [0.717, 1.165) is 39.9 Å². The summed E-state index contributed by atoms with van der Waals surface area (Å²) in [6.45, 7) is 2.70. The Morgan fingerprint density at radius 1 is 1.14 bits per heavy atom. The molecule has 0 spiro atoms. The molecule has 0 bridgehead atoms. The number of fused-ring (bicyclic) bond motifs is 3. The van der Waals surface area contributed by atoms with Gasteiger partial charge >= 0.3 is 5.97 Å². The lowest BCUT2D eigenvalue weighted by molar-refractivity contribution is -0.143. The van der Waals surface area contributed by atoms with E-state index in [0.29, 0.717) is 18.8 Å². The third-order valence-corrected chi connectivity index (χ3v) is 5.38. The number of aromatic nitrogens is 1. The van der Waals surface area contributed by atoms with Gasteiger partial charge < -0.3 is 19.2 Å². The molecule has 0 fully saturated rings. The number of esters is 1. The molecule has 1 aromatic heterocycles. The summed E-state index contributed by atoms with van der Waals surface area (Å²) in [5.74, 6) is 1.13. The van der Waals surface area contributed by atoms with Crippen molar-refractivity contribution in [3.8, 4) is 11.5 Å². The Bertz CT molecular complexity index is 1030. The van der Waals surface area contributed by atoms with Crippen LogP contribution in [0.25, 0.3) is 10.9 Å². The number of carbonyl (C=O) groups is 1. The molecule has 1 aliphatic heterocycles. The Balaban J connectivity index is 1.79. The van der Waals surface area contributed by atoms with E-state index in [4.69, 9.17) is 14.2 Å². The van der Waals surface area contributed by atoms with Crippen LogP contribution in [-0.2, 0) is 16.0 Å². The van der Waals surface area contributed by atoms with Crippen molar-refractivity contribution in [2.45, 2.75) is 31.8 Å². The molecule has 4 rings (SSSR count). The fourth-order valence-corrected chi connectivity index (χ4v) is 3.99. The first-order valence-electron chi connectivity index (χ1n) is 9.90. The molecule has 0 saturated heterocycles. The van der Waals surface area contributed by atoms with Gasteiger partial charge in [0.1, 0.15) is 6.04 Å². The predicted molar refractivity (Wildman–Crippen MR) is 112 cm³/mol. The van der Waals surface area contributed by atoms with E-state index in [1.54, 1.807) is 7.11 Å². The summed E-state index contributed by atoms with van der Waals surface area (Å²) in [5, 5.41) is 4.59. The maximum atomic E-state index is 12.4. The molecule has 0 radical (unpaired) electrons. The third kappa shape index (κ3) is 3.56. The molecule has 2 unspecified atom stereocenters. The van der Waals surface area contributed by atoms with Crippen LogP contribution in [0.4, 0.5) is 0 Å². The van der Waals surface area contributed by atoms with Gasteiger partial charge in [-0.15, -0.1) is 0 Å². The van der Waals surface area contributed by atoms with E-state index in [1.165, 1.54) is 7.11 Å². The van der Waals surface area contributed by atoms with E-state index in [1.807, 2.05) is 30.3 Å². The Kier molecular flexibility index (Phi) is 5.45. The summed E-state index contributed by atoms with van der Waals surface area (Å²) < 4.78 is 16.4. The number of hydrogen-bond donors (Lipinski definition) is 2. The maximum absolute atomic E-state index is 12.4. The van der Waals surface area contributed by atoms with Crippen molar-refractivity contribution in [3.63, 3.8) is 0 Å². The number of para-hydroxylation sites is 1. The van der Waals surface area contributed by atoms with Crippen LogP contribution < -0.4 is 14.8 Å². The highest BCUT2D eigenvalue weighted by molar-refractivity contribution is 5.87. The average molecular weight is 394 g/mol. The number of H-pyrrole nitrogens is 1. The number of rotatable bonds is 6. The summed E-state index contributed by atoms with van der Waals surface area (Å²) in [6, 6.07) is 13.5. The molecule has 6 nitrogen and oxygen atoms in total. The minimum Gasteiger partial charge on any atom is -0.493 e. The number of carbonyl (C=O) groups excluding carboxylic acids is 1. The summed E-state index contributed by atoms with van der Waals surface area (Å²) in [4.78, 5) is 15.9. The van der Waals surface area contributed by atoms with Crippen molar-refractivity contribution >= 4 is 16.9 Å². The van der Waals surface area contributed by atoms with Gasteiger partial charge in [0.25, 0.3) is 0 Å². The highest BCUT2D eigenvalue weighted by Gasteiger charge is 2.34. The highest BCUT2D eigenvalue weighted by atomic mass is 16.5. The van der Waals surface area contributed by atoms with Crippen LogP contribution in [0.5, 0.6) is 11.5 Å². The smallest absolute Gasteiger partial charge is 0.323 e. The van der Waals surface area contributed by atoms with Crippen LogP contribution in [-0.4, -0.2) is 37.8 Å². The fourth-order valence-electron chi connectivity index (χ4n) is 3.99. The second kappa shape index (κ2) is 8.17. The van der Waals surface area contributed by atoms with E-state index in [-0.39, 0.29) is 12.0 Å². The zero-order valence-electron chi connectivity index (χ0n) is 17.0. The second-order valence-corrected chi connectivity index (χ2v) is 7.20. The molecular formula is C23H26N2O4. The summed E-state index contributed by atoms with van der Waals surface area (Å²) in [7, 11) is 3.06. The van der Waals surface area contributed by atoms with Crippen molar-refractivity contribution < 1.29 is 19.0 Å². The maximum Gasteiger partial charge on any atom is 0.323 e. The minimum atomic E-state index is -0.418. The van der Waals surface area contributed by atoms with Gasteiger partial charge in [-0.25, -0.2) is 0 Å². The van der Waals surface area contributed by atoms with E-state index in [9.17, 15) is 4.79 Å². The van der Waals surface area contributed by atoms with Crippen LogP contribution in [0, 0.1) is 0 Å². The van der Waals surface area contributed by atoms with Crippen molar-refractivity contribution in [2.75, 3.05) is 20.8 Å². The first-order valence-corrected chi connectivity index (χ1v) is 9.90. The molecule has 0 amide bonds. The van der Waals surface area contributed by atoms with Gasteiger partial charge in [0, 0.05) is 23.0 Å². The van der Waals surface area contributed by atoms with Gasteiger partial charge in [-0.2, -0.15) is 0 Å². The third-order valence-electron chi connectivity index (χ3n) is 5.38. The number of hydrogen-bond acceptors (Lipinski definition) is 5. The topological polar surface area (TPSA) is 72.6 Å². The highest BCUT2D eigenvalue weighted by Crippen LogP contribution is 2.38. The van der Waals surface area contributed by atoms with Gasteiger partial charge in [0.05, 0.1) is 26.9 Å². The van der Waals surface area contributed by atoms with Crippen LogP contribution in [0.15, 0.2) is 42.5 Å². The van der Waals surface area contributed by atoms with E-state index < -0.39 is 6.04 Å². The molecule has 6 heteroatoms. The number of methoxy groups -OCH3 is 2. The predicted octanol–water partition coefficient (Wildman–Crippen LogP) is 3.74. The van der Waals surface area contributed by atoms with Crippen molar-refractivity contribution in [2.24, 2.45) is 0 Å². The molecule has 2 aromatic carbocycles. The SMILES string of the molecule is CCCOc1ccc(C2NC(C(=O)OC)Cc3c2[nH]c2ccccc32)cc1OC. The van der Waals surface area contributed by atoms with Crippen LogP contribution in [0.1, 0.15) is 36.2 Å². The summed E-state index contributed by atoms with van der Waals surface area (Å²) in [6.07, 6.45) is 1.51. The molecule has 2 atom stereocenters. The average Bonchev–Trinajstić information content (AvgIpc) is 3.15. The van der Waals surface area contributed by atoms with Crippen LogP contribution >= 0.6 is 0 Å². The van der Waals surface area contributed by atoms with Gasteiger partial charge in [0.15, 0.2) is 11.5 Å². The van der Waals surface area contributed by atoms with Crippen molar-refractivity contribution in [1.29, 1.82) is 0 Å². The molecule has 29 heavy (non-hydrogen) atoms. The molecule has 0 aliphatic carbocycles.